The van der Waals surface area contributed by atoms with Gasteiger partial charge in [-0.3, -0.25) is 4.68 Å². The standard InChI is InChI=1S/C15H19FIN3/c1-15(2,3)14-10(9-20(4)19-14)8-18-13-6-5-11(16)7-12(13)17/h5-7,9,18H,8H2,1-4H3. The van der Waals surface area contributed by atoms with Gasteiger partial charge in [-0.05, 0) is 40.8 Å². The zero-order chi connectivity index (χ0) is 14.9. The smallest absolute Gasteiger partial charge is 0.124 e. The molecule has 0 saturated heterocycles. The maximum Gasteiger partial charge on any atom is 0.124 e. The quantitative estimate of drug-likeness (QED) is 0.805. The zero-order valence-corrected chi connectivity index (χ0v) is 14.3. The van der Waals surface area contributed by atoms with Gasteiger partial charge >= 0.3 is 0 Å². The van der Waals surface area contributed by atoms with Gasteiger partial charge in [-0.25, -0.2) is 4.39 Å². The normalized spacial score (nSPS) is 11.7. The van der Waals surface area contributed by atoms with Crippen molar-refractivity contribution in [2.24, 2.45) is 7.05 Å². The minimum Gasteiger partial charge on any atom is -0.380 e. The van der Waals surface area contributed by atoms with Crippen molar-refractivity contribution >= 4 is 28.3 Å². The lowest BCUT2D eigenvalue weighted by Crippen LogP contribution is -2.16. The van der Waals surface area contributed by atoms with Crippen LogP contribution in [0.15, 0.2) is 24.4 Å². The van der Waals surface area contributed by atoms with E-state index in [1.54, 1.807) is 6.07 Å². The first kappa shape index (κ1) is 15.3. The number of nitrogens with one attached hydrogen (secondary N) is 1. The molecule has 108 valence electrons. The van der Waals surface area contributed by atoms with Crippen molar-refractivity contribution in [1.29, 1.82) is 0 Å². The van der Waals surface area contributed by atoms with Gasteiger partial charge in [0, 0.05) is 40.0 Å². The van der Waals surface area contributed by atoms with Crippen molar-refractivity contribution in [2.75, 3.05) is 5.32 Å². The molecular formula is C15H19FIN3. The SMILES string of the molecule is Cn1cc(CNc2ccc(F)cc2I)c(C(C)(C)C)n1. The maximum absolute atomic E-state index is 13.1. The average Bonchev–Trinajstić information content (AvgIpc) is 2.69. The number of hydrogen-bond acceptors (Lipinski definition) is 2. The Morgan fingerprint density at radius 1 is 1.35 bits per heavy atom. The van der Waals surface area contributed by atoms with Crippen molar-refractivity contribution in [2.45, 2.75) is 32.7 Å². The Morgan fingerprint density at radius 3 is 2.65 bits per heavy atom. The van der Waals surface area contributed by atoms with E-state index in [9.17, 15) is 4.39 Å². The molecule has 0 atom stereocenters. The molecule has 1 aromatic heterocycles. The molecule has 0 unspecified atom stereocenters. The third kappa shape index (κ3) is 3.50. The molecular weight excluding hydrogens is 368 g/mol. The highest BCUT2D eigenvalue weighted by Crippen LogP contribution is 2.26. The lowest BCUT2D eigenvalue weighted by atomic mass is 9.89. The van der Waals surface area contributed by atoms with Crippen LogP contribution in [-0.2, 0) is 19.0 Å². The number of benzene rings is 1. The van der Waals surface area contributed by atoms with Gasteiger partial charge in [0.1, 0.15) is 5.82 Å². The molecule has 1 heterocycles. The Kier molecular flexibility index (Phi) is 4.36. The van der Waals surface area contributed by atoms with Gasteiger partial charge in [-0.1, -0.05) is 20.8 Å². The molecule has 0 bridgehead atoms. The van der Waals surface area contributed by atoms with Gasteiger partial charge in [0.05, 0.1) is 5.69 Å². The van der Waals surface area contributed by atoms with Gasteiger partial charge in [-0.15, -0.1) is 0 Å². The number of aromatic nitrogens is 2. The summed E-state index contributed by atoms with van der Waals surface area (Å²) in [6.45, 7) is 7.14. The maximum atomic E-state index is 13.1. The van der Waals surface area contributed by atoms with Crippen LogP contribution in [0.3, 0.4) is 0 Å². The third-order valence-electron chi connectivity index (χ3n) is 3.02. The second-order valence-electron chi connectivity index (χ2n) is 5.90. The Labute approximate surface area is 132 Å². The van der Waals surface area contributed by atoms with Crippen molar-refractivity contribution in [1.82, 2.24) is 9.78 Å². The fourth-order valence-electron chi connectivity index (χ4n) is 2.12. The molecule has 0 fully saturated rings. The summed E-state index contributed by atoms with van der Waals surface area (Å²) in [5, 5.41) is 7.90. The Morgan fingerprint density at radius 2 is 2.05 bits per heavy atom. The van der Waals surface area contributed by atoms with Crippen LogP contribution in [0.25, 0.3) is 0 Å². The molecule has 0 spiro atoms. The molecule has 0 saturated carbocycles. The number of nitrogens with zero attached hydrogens (tertiary/aromatic N) is 2. The van der Waals surface area contributed by atoms with Crippen LogP contribution in [0.4, 0.5) is 10.1 Å². The van der Waals surface area contributed by atoms with Crippen LogP contribution in [0.5, 0.6) is 0 Å². The number of halogens is 2. The van der Waals surface area contributed by atoms with Crippen LogP contribution in [0, 0.1) is 9.39 Å². The number of aryl methyl sites for hydroxylation is 1. The van der Waals surface area contributed by atoms with E-state index in [-0.39, 0.29) is 11.2 Å². The molecule has 5 heteroatoms. The minimum absolute atomic E-state index is 0.00816. The predicted molar refractivity (Wildman–Crippen MR) is 88.4 cm³/mol. The summed E-state index contributed by atoms with van der Waals surface area (Å²) in [6.07, 6.45) is 2.03. The van der Waals surface area contributed by atoms with Crippen molar-refractivity contribution < 1.29 is 4.39 Å². The van der Waals surface area contributed by atoms with Gasteiger partial charge in [-0.2, -0.15) is 5.10 Å². The van der Waals surface area contributed by atoms with E-state index in [0.29, 0.717) is 6.54 Å². The lowest BCUT2D eigenvalue weighted by Gasteiger charge is -2.18. The van der Waals surface area contributed by atoms with E-state index >= 15 is 0 Å². The molecule has 2 rings (SSSR count). The molecule has 0 amide bonds. The molecule has 0 aliphatic heterocycles. The van der Waals surface area contributed by atoms with Gasteiger partial charge in [0.15, 0.2) is 0 Å². The third-order valence-corrected chi connectivity index (χ3v) is 3.91. The summed E-state index contributed by atoms with van der Waals surface area (Å²) in [5.74, 6) is -0.211. The second-order valence-corrected chi connectivity index (χ2v) is 7.07. The van der Waals surface area contributed by atoms with Gasteiger partial charge in [0.2, 0.25) is 0 Å². The van der Waals surface area contributed by atoms with Gasteiger partial charge < -0.3 is 5.32 Å². The number of hydrogen-bond donors (Lipinski definition) is 1. The molecule has 1 N–H and O–H groups in total. The monoisotopic (exact) mass is 387 g/mol. The highest BCUT2D eigenvalue weighted by molar-refractivity contribution is 14.1. The predicted octanol–water partition coefficient (Wildman–Crippen LogP) is 4.07. The van der Waals surface area contributed by atoms with Crippen LogP contribution in [0.1, 0.15) is 32.0 Å². The molecule has 1 aromatic carbocycles. The van der Waals surface area contributed by atoms with Crippen LogP contribution < -0.4 is 5.32 Å². The molecule has 3 nitrogen and oxygen atoms in total. The summed E-state index contributed by atoms with van der Waals surface area (Å²) < 4.78 is 15.8. The fraction of sp³-hybridized carbons (Fsp3) is 0.400. The Hall–Kier alpha value is -1.11. The highest BCUT2D eigenvalue weighted by atomic mass is 127. The number of rotatable bonds is 3. The summed E-state index contributed by atoms with van der Waals surface area (Å²) in [4.78, 5) is 0. The van der Waals surface area contributed by atoms with Crippen molar-refractivity contribution in [3.63, 3.8) is 0 Å². The molecule has 20 heavy (non-hydrogen) atoms. The zero-order valence-electron chi connectivity index (χ0n) is 12.2. The average molecular weight is 387 g/mol. The largest absolute Gasteiger partial charge is 0.380 e. The summed E-state index contributed by atoms with van der Waals surface area (Å²) in [7, 11) is 1.93. The first-order valence-corrected chi connectivity index (χ1v) is 7.57. The van der Waals surface area contributed by atoms with Gasteiger partial charge in [0.25, 0.3) is 0 Å². The summed E-state index contributed by atoms with van der Waals surface area (Å²) in [6, 6.07) is 4.76. The number of anilines is 1. The highest BCUT2D eigenvalue weighted by Gasteiger charge is 2.21. The first-order chi connectivity index (χ1) is 9.27. The molecule has 0 radical (unpaired) electrons. The summed E-state index contributed by atoms with van der Waals surface area (Å²) >= 11 is 2.14. The van der Waals surface area contributed by atoms with E-state index in [2.05, 4.69) is 53.8 Å². The van der Waals surface area contributed by atoms with Crippen molar-refractivity contribution in [3.05, 3.63) is 45.0 Å². The first-order valence-electron chi connectivity index (χ1n) is 6.49. The van der Waals surface area contributed by atoms with E-state index < -0.39 is 0 Å². The van der Waals surface area contributed by atoms with Crippen LogP contribution in [-0.4, -0.2) is 9.78 Å². The minimum atomic E-state index is -0.211. The van der Waals surface area contributed by atoms with E-state index in [0.717, 1.165) is 15.0 Å². The van der Waals surface area contributed by atoms with E-state index in [4.69, 9.17) is 0 Å². The Balaban J connectivity index is 2.19. The van der Waals surface area contributed by atoms with Crippen molar-refractivity contribution in [3.8, 4) is 0 Å². The molecule has 0 aliphatic rings. The lowest BCUT2D eigenvalue weighted by molar-refractivity contribution is 0.549. The summed E-state index contributed by atoms with van der Waals surface area (Å²) in [5.41, 5.74) is 3.20. The van der Waals surface area contributed by atoms with E-state index in [1.807, 2.05) is 17.9 Å². The molecule has 0 aliphatic carbocycles. The second kappa shape index (κ2) is 5.71. The van der Waals surface area contributed by atoms with Crippen LogP contribution in [0.2, 0.25) is 0 Å². The van der Waals surface area contributed by atoms with Crippen LogP contribution >= 0.6 is 22.6 Å². The van der Waals surface area contributed by atoms with E-state index in [1.165, 1.54) is 17.7 Å². The Bertz CT molecular complexity index is 614. The topological polar surface area (TPSA) is 29.9 Å². The molecule has 2 aromatic rings. The fourth-order valence-corrected chi connectivity index (χ4v) is 2.79.